The van der Waals surface area contributed by atoms with E-state index in [0.717, 1.165) is 23.4 Å². The highest BCUT2D eigenvalue weighted by atomic mass is 79.9. The highest BCUT2D eigenvalue weighted by molar-refractivity contribution is 9.10. The largest absolute Gasteiger partial charge is 0.453 e. The van der Waals surface area contributed by atoms with Gasteiger partial charge in [-0.1, -0.05) is 6.08 Å². The van der Waals surface area contributed by atoms with E-state index in [9.17, 15) is 0 Å². The highest BCUT2D eigenvalue weighted by Crippen LogP contribution is 2.19. The molecule has 1 aromatic heterocycles. The zero-order valence-electron chi connectivity index (χ0n) is 7.72. The van der Waals surface area contributed by atoms with E-state index in [1.807, 2.05) is 18.2 Å². The first-order valence-electron chi connectivity index (χ1n) is 4.33. The van der Waals surface area contributed by atoms with E-state index in [1.165, 1.54) is 0 Å². The van der Waals surface area contributed by atoms with Gasteiger partial charge in [-0.2, -0.15) is 0 Å². The van der Waals surface area contributed by atoms with Crippen LogP contribution in [-0.4, -0.2) is 6.54 Å². The van der Waals surface area contributed by atoms with Gasteiger partial charge in [-0.05, 0) is 48.0 Å². The zero-order valence-corrected chi connectivity index (χ0v) is 9.30. The predicted molar refractivity (Wildman–Crippen MR) is 57.6 cm³/mol. The van der Waals surface area contributed by atoms with Gasteiger partial charge in [-0.3, -0.25) is 0 Å². The smallest absolute Gasteiger partial charge is 0.169 e. The number of rotatable bonds is 5. The van der Waals surface area contributed by atoms with Gasteiger partial charge in [-0.25, -0.2) is 0 Å². The molecule has 0 saturated heterocycles. The summed E-state index contributed by atoms with van der Waals surface area (Å²) in [7, 11) is 0. The van der Waals surface area contributed by atoms with Crippen LogP contribution in [0.1, 0.15) is 25.1 Å². The molecule has 13 heavy (non-hydrogen) atoms. The minimum Gasteiger partial charge on any atom is -0.453 e. The Labute approximate surface area is 87.1 Å². The van der Waals surface area contributed by atoms with Crippen molar-refractivity contribution in [2.45, 2.75) is 19.4 Å². The van der Waals surface area contributed by atoms with Gasteiger partial charge in [0.2, 0.25) is 0 Å². The minimum atomic E-state index is 0.256. The van der Waals surface area contributed by atoms with Crippen molar-refractivity contribution >= 4 is 15.9 Å². The van der Waals surface area contributed by atoms with Crippen LogP contribution in [0.5, 0.6) is 0 Å². The third kappa shape index (κ3) is 3.36. The second kappa shape index (κ2) is 5.25. The third-order valence-electron chi connectivity index (χ3n) is 1.82. The molecule has 72 valence electrons. The van der Waals surface area contributed by atoms with Crippen molar-refractivity contribution in [3.8, 4) is 0 Å². The van der Waals surface area contributed by atoms with E-state index >= 15 is 0 Å². The normalized spacial score (nSPS) is 12.8. The van der Waals surface area contributed by atoms with Crippen LogP contribution >= 0.6 is 15.9 Å². The van der Waals surface area contributed by atoms with E-state index in [-0.39, 0.29) is 6.04 Å². The third-order valence-corrected chi connectivity index (χ3v) is 2.25. The Morgan fingerprint density at radius 1 is 1.69 bits per heavy atom. The van der Waals surface area contributed by atoms with Crippen molar-refractivity contribution in [3.63, 3.8) is 0 Å². The molecule has 1 heterocycles. The summed E-state index contributed by atoms with van der Waals surface area (Å²) in [6, 6.07) is 4.13. The van der Waals surface area contributed by atoms with Gasteiger partial charge in [0.05, 0.1) is 6.04 Å². The van der Waals surface area contributed by atoms with Crippen molar-refractivity contribution in [2.75, 3.05) is 6.54 Å². The lowest BCUT2D eigenvalue weighted by Gasteiger charge is -2.09. The average molecular weight is 244 g/mol. The van der Waals surface area contributed by atoms with E-state index in [4.69, 9.17) is 4.42 Å². The van der Waals surface area contributed by atoms with Crippen LogP contribution in [0, 0.1) is 0 Å². The number of furan rings is 1. The summed E-state index contributed by atoms with van der Waals surface area (Å²) in [5.41, 5.74) is 0. The standard InChI is InChI=1S/C10H14BrNO/c1-3-4-7-12-8(2)9-5-6-10(11)13-9/h3,5-6,8,12H,1,4,7H2,2H3. The molecule has 0 amide bonds. The van der Waals surface area contributed by atoms with Crippen LogP contribution in [0.25, 0.3) is 0 Å². The lowest BCUT2D eigenvalue weighted by Crippen LogP contribution is -2.18. The molecule has 1 atom stereocenters. The van der Waals surface area contributed by atoms with E-state index < -0.39 is 0 Å². The zero-order chi connectivity index (χ0) is 9.68. The van der Waals surface area contributed by atoms with Gasteiger partial charge < -0.3 is 9.73 Å². The molecule has 0 saturated carbocycles. The van der Waals surface area contributed by atoms with Gasteiger partial charge in [-0.15, -0.1) is 6.58 Å². The Bertz CT molecular complexity index is 270. The molecule has 0 bridgehead atoms. The Morgan fingerprint density at radius 2 is 2.46 bits per heavy atom. The van der Waals surface area contributed by atoms with Crippen LogP contribution in [-0.2, 0) is 0 Å². The molecule has 1 aromatic rings. The molecule has 0 aliphatic carbocycles. The van der Waals surface area contributed by atoms with Crippen LogP contribution < -0.4 is 5.32 Å². The van der Waals surface area contributed by atoms with Crippen LogP contribution in [0.15, 0.2) is 33.9 Å². The van der Waals surface area contributed by atoms with E-state index in [1.54, 1.807) is 0 Å². The lowest BCUT2D eigenvalue weighted by atomic mass is 10.2. The summed E-state index contributed by atoms with van der Waals surface area (Å²) in [5, 5.41) is 3.33. The van der Waals surface area contributed by atoms with Crippen molar-refractivity contribution in [3.05, 3.63) is 35.2 Å². The predicted octanol–water partition coefficient (Wildman–Crippen LogP) is 3.27. The fraction of sp³-hybridized carbons (Fsp3) is 0.400. The van der Waals surface area contributed by atoms with Crippen molar-refractivity contribution < 1.29 is 4.42 Å². The Balaban J connectivity index is 2.39. The molecule has 0 aromatic carbocycles. The molecule has 0 aliphatic rings. The molecule has 0 aliphatic heterocycles. The summed E-state index contributed by atoms with van der Waals surface area (Å²) in [6.07, 6.45) is 2.88. The molecule has 2 nitrogen and oxygen atoms in total. The minimum absolute atomic E-state index is 0.256. The Hall–Kier alpha value is -0.540. The van der Waals surface area contributed by atoms with Gasteiger partial charge in [0.15, 0.2) is 4.67 Å². The number of nitrogens with one attached hydrogen (secondary N) is 1. The first kappa shape index (κ1) is 10.5. The van der Waals surface area contributed by atoms with Crippen molar-refractivity contribution in [2.24, 2.45) is 0 Å². The summed E-state index contributed by atoms with van der Waals surface area (Å²) in [4.78, 5) is 0. The first-order valence-corrected chi connectivity index (χ1v) is 5.13. The number of hydrogen-bond donors (Lipinski definition) is 1. The van der Waals surface area contributed by atoms with E-state index in [0.29, 0.717) is 0 Å². The highest BCUT2D eigenvalue weighted by Gasteiger charge is 2.07. The van der Waals surface area contributed by atoms with E-state index in [2.05, 4.69) is 34.7 Å². The summed E-state index contributed by atoms with van der Waals surface area (Å²) < 4.78 is 6.18. The molecular weight excluding hydrogens is 230 g/mol. The Morgan fingerprint density at radius 3 is 3.00 bits per heavy atom. The maximum absolute atomic E-state index is 5.40. The molecule has 0 spiro atoms. The van der Waals surface area contributed by atoms with Crippen LogP contribution in [0.3, 0.4) is 0 Å². The average Bonchev–Trinajstić information content (AvgIpc) is 2.52. The molecule has 1 rings (SSSR count). The summed E-state index contributed by atoms with van der Waals surface area (Å²) in [5.74, 6) is 0.955. The molecule has 3 heteroatoms. The lowest BCUT2D eigenvalue weighted by molar-refractivity contribution is 0.421. The fourth-order valence-electron chi connectivity index (χ4n) is 1.06. The topological polar surface area (TPSA) is 25.2 Å². The second-order valence-corrected chi connectivity index (χ2v) is 3.68. The Kier molecular flexibility index (Phi) is 4.25. The van der Waals surface area contributed by atoms with Gasteiger partial charge in [0.1, 0.15) is 5.76 Å². The fourth-order valence-corrected chi connectivity index (χ4v) is 1.38. The monoisotopic (exact) mass is 243 g/mol. The summed E-state index contributed by atoms with van der Waals surface area (Å²) >= 11 is 3.27. The maximum atomic E-state index is 5.40. The number of hydrogen-bond acceptors (Lipinski definition) is 2. The molecule has 1 unspecified atom stereocenters. The van der Waals surface area contributed by atoms with Crippen LogP contribution in [0.4, 0.5) is 0 Å². The molecule has 1 N–H and O–H groups in total. The quantitative estimate of drug-likeness (QED) is 0.635. The maximum Gasteiger partial charge on any atom is 0.169 e. The first-order chi connectivity index (χ1) is 6.24. The molecular formula is C10H14BrNO. The van der Waals surface area contributed by atoms with Gasteiger partial charge >= 0.3 is 0 Å². The number of halogens is 1. The summed E-state index contributed by atoms with van der Waals surface area (Å²) in [6.45, 7) is 6.67. The van der Waals surface area contributed by atoms with Crippen molar-refractivity contribution in [1.29, 1.82) is 0 Å². The molecule has 0 fully saturated rings. The van der Waals surface area contributed by atoms with Crippen molar-refractivity contribution in [1.82, 2.24) is 5.32 Å². The SMILES string of the molecule is C=CCCNC(C)c1ccc(Br)o1. The molecule has 0 radical (unpaired) electrons. The second-order valence-electron chi connectivity index (χ2n) is 2.90. The van der Waals surface area contributed by atoms with Crippen LogP contribution in [0.2, 0.25) is 0 Å². The van der Waals surface area contributed by atoms with Gasteiger partial charge in [0.25, 0.3) is 0 Å². The van der Waals surface area contributed by atoms with Gasteiger partial charge in [0, 0.05) is 0 Å².